The number of methoxy groups -OCH3 is 2. The first-order valence-corrected chi connectivity index (χ1v) is 13.7. The van der Waals surface area contributed by atoms with Crippen molar-refractivity contribution < 1.29 is 28.5 Å². The molecule has 0 saturated carbocycles. The number of nitrogens with zero attached hydrogens (tertiary/aromatic N) is 2. The standard InChI is InChI=1S/C29H40FN3O5/c1-4-19-15-23(27(37-3)24(30)16-19)26(29(34)35)33-13-11-21(18-33)38-14-7-5-6-9-20-17-25(36-2)22-10-8-12-31-28(22)32-20/h15-17,21,26H,4-14,18H2,1-3H3,(H,31,32)(H,34,35)/t21-,26?/m1/s1. The first-order valence-electron chi connectivity index (χ1n) is 13.7. The third kappa shape index (κ3) is 6.56. The van der Waals surface area contributed by atoms with Crippen LogP contribution in [0.5, 0.6) is 11.5 Å². The number of hydrogen-bond acceptors (Lipinski definition) is 7. The minimum absolute atomic E-state index is 0.000728. The molecule has 2 aromatic rings. The minimum Gasteiger partial charge on any atom is -0.496 e. The minimum atomic E-state index is -1.01. The Morgan fingerprint density at radius 2 is 2.08 bits per heavy atom. The second-order valence-corrected chi connectivity index (χ2v) is 10.1. The molecule has 2 aliphatic heterocycles. The van der Waals surface area contributed by atoms with E-state index in [0.29, 0.717) is 31.7 Å². The highest BCUT2D eigenvalue weighted by Crippen LogP contribution is 2.36. The number of benzene rings is 1. The molecule has 38 heavy (non-hydrogen) atoms. The van der Waals surface area contributed by atoms with Gasteiger partial charge in [-0.3, -0.25) is 9.69 Å². The van der Waals surface area contributed by atoms with E-state index in [2.05, 4.69) is 11.4 Å². The number of ether oxygens (including phenoxy) is 3. The summed E-state index contributed by atoms with van der Waals surface area (Å²) in [4.78, 5) is 18.9. The largest absolute Gasteiger partial charge is 0.496 e. The molecule has 1 fully saturated rings. The molecule has 0 amide bonds. The second-order valence-electron chi connectivity index (χ2n) is 10.1. The van der Waals surface area contributed by atoms with Gasteiger partial charge in [0, 0.05) is 49.1 Å². The Morgan fingerprint density at radius 1 is 1.24 bits per heavy atom. The van der Waals surface area contributed by atoms with Crippen LogP contribution in [0.2, 0.25) is 0 Å². The normalized spacial score (nSPS) is 18.1. The first kappa shape index (κ1) is 28.1. The van der Waals surface area contributed by atoms with Gasteiger partial charge < -0.3 is 24.6 Å². The molecule has 8 nitrogen and oxygen atoms in total. The zero-order chi connectivity index (χ0) is 27.1. The molecule has 0 radical (unpaired) electrons. The number of aliphatic carboxylic acids is 1. The summed E-state index contributed by atoms with van der Waals surface area (Å²) in [5.41, 5.74) is 3.33. The van der Waals surface area contributed by atoms with Crippen molar-refractivity contribution in [1.82, 2.24) is 9.88 Å². The molecule has 0 bridgehead atoms. The van der Waals surface area contributed by atoms with Crippen LogP contribution < -0.4 is 14.8 Å². The first-order chi connectivity index (χ1) is 18.4. The van der Waals surface area contributed by atoms with Gasteiger partial charge in [-0.2, -0.15) is 0 Å². The van der Waals surface area contributed by atoms with E-state index in [9.17, 15) is 14.3 Å². The van der Waals surface area contributed by atoms with Gasteiger partial charge in [-0.1, -0.05) is 13.3 Å². The second kappa shape index (κ2) is 13.2. The molecular weight excluding hydrogens is 489 g/mol. The van der Waals surface area contributed by atoms with E-state index in [-0.39, 0.29) is 11.9 Å². The van der Waals surface area contributed by atoms with E-state index in [1.165, 1.54) is 18.7 Å². The molecule has 3 heterocycles. The van der Waals surface area contributed by atoms with E-state index in [1.807, 2.05) is 11.8 Å². The molecule has 1 aromatic carbocycles. The summed E-state index contributed by atoms with van der Waals surface area (Å²) >= 11 is 0. The molecule has 4 rings (SSSR count). The molecule has 2 N–H and O–H groups in total. The number of fused-ring (bicyclic) bond motifs is 1. The monoisotopic (exact) mass is 529 g/mol. The van der Waals surface area contributed by atoms with Crippen LogP contribution in [0.15, 0.2) is 18.2 Å². The maximum atomic E-state index is 14.6. The molecule has 0 aliphatic carbocycles. The lowest BCUT2D eigenvalue weighted by Gasteiger charge is -2.26. The van der Waals surface area contributed by atoms with Crippen LogP contribution in [0, 0.1) is 5.82 Å². The van der Waals surface area contributed by atoms with Gasteiger partial charge in [-0.25, -0.2) is 9.37 Å². The van der Waals surface area contributed by atoms with Gasteiger partial charge in [-0.15, -0.1) is 0 Å². The van der Waals surface area contributed by atoms with Gasteiger partial charge in [0.15, 0.2) is 11.6 Å². The van der Waals surface area contributed by atoms with Crippen molar-refractivity contribution in [3.05, 3.63) is 46.4 Å². The Kier molecular flexibility index (Phi) is 9.80. The van der Waals surface area contributed by atoms with Gasteiger partial charge in [-0.05, 0) is 62.6 Å². The highest BCUT2D eigenvalue weighted by atomic mass is 19.1. The van der Waals surface area contributed by atoms with Gasteiger partial charge >= 0.3 is 5.97 Å². The maximum absolute atomic E-state index is 14.6. The number of pyridine rings is 1. The molecule has 9 heteroatoms. The highest BCUT2D eigenvalue weighted by molar-refractivity contribution is 5.77. The molecule has 1 saturated heterocycles. The van der Waals surface area contributed by atoms with Gasteiger partial charge in [0.1, 0.15) is 17.6 Å². The lowest BCUT2D eigenvalue weighted by molar-refractivity contribution is -0.143. The number of halogens is 1. The average Bonchev–Trinajstić information content (AvgIpc) is 3.37. The Bertz CT molecular complexity index is 1090. The number of carbonyl (C=O) groups is 1. The molecule has 1 aromatic heterocycles. The van der Waals surface area contributed by atoms with Crippen molar-refractivity contribution >= 4 is 11.8 Å². The summed E-state index contributed by atoms with van der Waals surface area (Å²) in [7, 11) is 3.09. The zero-order valence-electron chi connectivity index (χ0n) is 22.7. The number of carboxylic acid groups (broad SMARTS) is 1. The Morgan fingerprint density at radius 3 is 2.82 bits per heavy atom. The summed E-state index contributed by atoms with van der Waals surface area (Å²) in [6.07, 6.45) is 7.25. The van der Waals surface area contributed by atoms with Crippen LogP contribution in [0.25, 0.3) is 0 Å². The molecule has 1 unspecified atom stereocenters. The number of carboxylic acids is 1. The Labute approximate surface area is 224 Å². The maximum Gasteiger partial charge on any atom is 0.325 e. The van der Waals surface area contributed by atoms with Crippen molar-refractivity contribution in [3.63, 3.8) is 0 Å². The van der Waals surface area contributed by atoms with Gasteiger partial charge in [0.25, 0.3) is 0 Å². The van der Waals surface area contributed by atoms with E-state index in [4.69, 9.17) is 19.2 Å². The van der Waals surface area contributed by atoms with Gasteiger partial charge in [0.2, 0.25) is 0 Å². The van der Waals surface area contributed by atoms with Crippen molar-refractivity contribution in [2.45, 2.75) is 70.4 Å². The zero-order valence-corrected chi connectivity index (χ0v) is 22.7. The number of aromatic nitrogens is 1. The third-order valence-corrected chi connectivity index (χ3v) is 7.50. The summed E-state index contributed by atoms with van der Waals surface area (Å²) < 4.78 is 31.5. The predicted molar refractivity (Wildman–Crippen MR) is 144 cm³/mol. The topological polar surface area (TPSA) is 93.2 Å². The fourth-order valence-corrected chi connectivity index (χ4v) is 5.51. The number of aryl methyl sites for hydroxylation is 2. The van der Waals surface area contributed by atoms with Crippen LogP contribution in [0.3, 0.4) is 0 Å². The number of nitrogens with one attached hydrogen (secondary N) is 1. The smallest absolute Gasteiger partial charge is 0.325 e. The van der Waals surface area contributed by atoms with Crippen molar-refractivity contribution in [2.24, 2.45) is 0 Å². The number of unbranched alkanes of at least 4 members (excludes halogenated alkanes) is 2. The Hall–Kier alpha value is -2.91. The van der Waals surface area contributed by atoms with Crippen LogP contribution in [-0.2, 0) is 28.8 Å². The van der Waals surface area contributed by atoms with Crippen LogP contribution in [0.4, 0.5) is 10.2 Å². The Balaban J connectivity index is 1.25. The SMILES string of the molecule is CCc1cc(F)c(OC)c(C(C(=O)O)N2CC[C@@H](OCCCCCc3cc(OC)c4c(n3)NCCC4)C2)c1. The highest BCUT2D eigenvalue weighted by Gasteiger charge is 2.36. The van der Waals surface area contributed by atoms with Gasteiger partial charge in [0.05, 0.1) is 20.3 Å². The number of likely N-dealkylation sites (tertiary alicyclic amines) is 1. The van der Waals surface area contributed by atoms with Crippen LogP contribution >= 0.6 is 0 Å². The summed E-state index contributed by atoms with van der Waals surface area (Å²) in [6.45, 7) is 4.55. The summed E-state index contributed by atoms with van der Waals surface area (Å²) in [6, 6.07) is 4.24. The fourth-order valence-electron chi connectivity index (χ4n) is 5.51. The van der Waals surface area contributed by atoms with Crippen LogP contribution in [0.1, 0.15) is 67.5 Å². The van der Waals surface area contributed by atoms with E-state index < -0.39 is 17.8 Å². The third-order valence-electron chi connectivity index (χ3n) is 7.50. The number of rotatable bonds is 13. The molecule has 0 spiro atoms. The van der Waals surface area contributed by atoms with E-state index >= 15 is 0 Å². The van der Waals surface area contributed by atoms with E-state index in [1.54, 1.807) is 13.2 Å². The lowest BCUT2D eigenvalue weighted by atomic mass is 10.00. The molecule has 208 valence electrons. The van der Waals surface area contributed by atoms with Crippen LogP contribution in [-0.4, -0.2) is 67.5 Å². The van der Waals surface area contributed by atoms with Crippen molar-refractivity contribution in [3.8, 4) is 11.5 Å². The number of anilines is 1. The number of hydrogen-bond donors (Lipinski definition) is 2. The summed E-state index contributed by atoms with van der Waals surface area (Å²) in [5, 5.41) is 13.4. The lowest BCUT2D eigenvalue weighted by Crippen LogP contribution is -2.34. The molecule has 2 atom stereocenters. The quantitative estimate of drug-likeness (QED) is 0.358. The molecule has 2 aliphatic rings. The average molecular weight is 530 g/mol. The van der Waals surface area contributed by atoms with Crippen molar-refractivity contribution in [1.29, 1.82) is 0 Å². The summed E-state index contributed by atoms with van der Waals surface area (Å²) in [5.74, 6) is 0.342. The molecular formula is C29H40FN3O5. The van der Waals surface area contributed by atoms with E-state index in [0.717, 1.165) is 74.3 Å². The van der Waals surface area contributed by atoms with Crippen molar-refractivity contribution in [2.75, 3.05) is 45.8 Å². The predicted octanol–water partition coefficient (Wildman–Crippen LogP) is 4.79. The fraction of sp³-hybridized carbons (Fsp3) is 0.586.